The van der Waals surface area contributed by atoms with Crippen molar-refractivity contribution in [3.05, 3.63) is 217 Å². The molecule has 10 rings (SSSR count). The molecule has 0 spiro atoms. The molecule has 0 saturated carbocycles. The van der Waals surface area contributed by atoms with Crippen LogP contribution >= 0.6 is 0 Å². The molecule has 2 aromatic heterocycles. The summed E-state index contributed by atoms with van der Waals surface area (Å²) in [4.78, 5) is 10.7. The Balaban J connectivity index is 0.00000689. The Bertz CT molecular complexity index is 3690. The summed E-state index contributed by atoms with van der Waals surface area (Å²) in [5, 5.41) is 12.8. The Hall–Kier alpha value is -7.13. The number of benzene rings is 8. The minimum Gasteiger partial charge on any atom is -0.507 e. The summed E-state index contributed by atoms with van der Waals surface area (Å²) in [6.07, 6.45) is 1.86. The maximum absolute atomic E-state index is 12.8. The quantitative estimate of drug-likeness (QED) is 0.139. The Morgan fingerprint density at radius 3 is 1.73 bits per heavy atom. The van der Waals surface area contributed by atoms with Crippen molar-refractivity contribution in [2.45, 2.75) is 91.9 Å². The summed E-state index contributed by atoms with van der Waals surface area (Å²) in [5.41, 5.74) is 17.6. The number of nitrogens with zero attached hydrogens (tertiary/aromatic N) is 3. The largest absolute Gasteiger partial charge is 0.507 e. The number of imidazole rings is 1. The number of rotatable bonds is 10. The van der Waals surface area contributed by atoms with Crippen molar-refractivity contribution >= 4 is 11.0 Å². The summed E-state index contributed by atoms with van der Waals surface area (Å²) >= 11 is 0. The topological polar surface area (TPSA) is 50.9 Å². The molecule has 0 aliphatic heterocycles. The van der Waals surface area contributed by atoms with Crippen LogP contribution in [-0.2, 0) is 31.9 Å². The van der Waals surface area contributed by atoms with Crippen LogP contribution in [0.4, 0.5) is 0 Å². The van der Waals surface area contributed by atoms with E-state index in [4.69, 9.17) is 11.3 Å². The second-order valence-electron chi connectivity index (χ2n) is 21.6. The first-order valence-electron chi connectivity index (χ1n) is 26.0. The normalized spacial score (nSPS) is 12.6. The molecular formula is C68H64N3OPt-. The van der Waals surface area contributed by atoms with E-state index >= 15 is 0 Å². The van der Waals surface area contributed by atoms with Gasteiger partial charge in [-0.25, -0.2) is 4.98 Å². The van der Waals surface area contributed by atoms with Crippen LogP contribution in [-0.4, -0.2) is 19.6 Å². The van der Waals surface area contributed by atoms with Crippen molar-refractivity contribution in [3.63, 3.8) is 0 Å². The van der Waals surface area contributed by atoms with Crippen LogP contribution in [0.1, 0.15) is 106 Å². The van der Waals surface area contributed by atoms with Crippen molar-refractivity contribution in [1.82, 2.24) is 14.5 Å². The molecule has 10 aromatic rings. The molecule has 1 N–H and O–H groups in total. The van der Waals surface area contributed by atoms with Gasteiger partial charge in [-0.3, -0.25) is 9.55 Å². The van der Waals surface area contributed by atoms with Crippen molar-refractivity contribution in [2.75, 3.05) is 0 Å². The van der Waals surface area contributed by atoms with Gasteiger partial charge < -0.3 is 5.11 Å². The first-order chi connectivity index (χ1) is 35.1. The van der Waals surface area contributed by atoms with E-state index in [0.29, 0.717) is 11.4 Å². The van der Waals surface area contributed by atoms with Gasteiger partial charge in [-0.15, -0.1) is 23.8 Å². The standard InChI is InChI=1S/C68H64N3O.Pt/c1-43(2)45-29-31-47(32-30-45)50-33-34-69-61(38-50)53-36-51(46-21-14-11-15-22-46)35-52(37-53)55-27-20-28-62-64(55)70-66(59-39-54(67(5,6)7)40-60(65(59)72)68(8,9)10)71(62)63-42-57(48-23-16-12-17-24-48)56(44(3)4)41-58(63)49-25-18-13-19-26-49;/h11-36,38-44,72H,1-10H3;/q-1;/i43D,44D;. The molecule has 5 heteroatoms. The van der Waals surface area contributed by atoms with Crippen LogP contribution in [0.2, 0.25) is 0 Å². The molecule has 0 amide bonds. The molecule has 0 saturated heterocycles. The third kappa shape index (κ3) is 10.2. The van der Waals surface area contributed by atoms with Crippen LogP contribution in [0, 0.1) is 6.07 Å². The summed E-state index contributed by atoms with van der Waals surface area (Å²) < 4.78 is 20.4. The Morgan fingerprint density at radius 1 is 0.521 bits per heavy atom. The average Bonchev–Trinajstić information content (AvgIpc) is 3.78. The third-order valence-electron chi connectivity index (χ3n) is 13.9. The number of aromatic nitrogens is 3. The molecule has 368 valence electrons. The zero-order chi connectivity index (χ0) is 52.3. The number of fused-ring (bicyclic) bond motifs is 1. The van der Waals surface area contributed by atoms with Crippen LogP contribution in [0.3, 0.4) is 0 Å². The van der Waals surface area contributed by atoms with Gasteiger partial charge in [0, 0.05) is 46.8 Å². The number of hydrogen-bond acceptors (Lipinski definition) is 3. The maximum Gasteiger partial charge on any atom is 0.148 e. The van der Waals surface area contributed by atoms with Crippen LogP contribution < -0.4 is 0 Å². The van der Waals surface area contributed by atoms with Gasteiger partial charge in [0.05, 0.1) is 22.3 Å². The van der Waals surface area contributed by atoms with Crippen LogP contribution in [0.15, 0.2) is 188 Å². The fraction of sp³-hybridized carbons (Fsp3) is 0.206. The molecule has 4 nitrogen and oxygen atoms in total. The summed E-state index contributed by atoms with van der Waals surface area (Å²) in [6.45, 7) is 20.8. The predicted molar refractivity (Wildman–Crippen MR) is 303 cm³/mol. The molecule has 0 unspecified atom stereocenters. The van der Waals surface area contributed by atoms with Crippen molar-refractivity contribution in [2.24, 2.45) is 0 Å². The SMILES string of the molecule is [2H]C(C)(C)c1ccc(-c2ccnc(-c3[c-]c(-c4cccc5c4nc(-c4cc(C(C)(C)C)cc(C(C)(C)C)c4O)n5-c4cc(-c5ccccc5)c(C([2H])(C)C)cc4-c4ccccc4)cc(-c4ccccc4)c3)c2)cc1.[Pt]. The molecule has 0 fully saturated rings. The van der Waals surface area contributed by atoms with Gasteiger partial charge in [-0.05, 0) is 103 Å². The van der Waals surface area contributed by atoms with Crippen molar-refractivity contribution in [3.8, 4) is 89.7 Å². The molecule has 0 radical (unpaired) electrons. The Morgan fingerprint density at radius 2 is 1.12 bits per heavy atom. The minimum absolute atomic E-state index is 0. The first kappa shape index (κ1) is 48.2. The molecular weight excluding hydrogens is 1070 g/mol. The van der Waals surface area contributed by atoms with Gasteiger partial charge in [0.25, 0.3) is 0 Å². The molecule has 0 bridgehead atoms. The average molecular weight is 1140 g/mol. The summed E-state index contributed by atoms with van der Waals surface area (Å²) in [7, 11) is 0. The van der Waals surface area contributed by atoms with E-state index in [1.165, 1.54) is 0 Å². The number of phenols is 1. The Labute approximate surface area is 450 Å². The van der Waals surface area contributed by atoms with Gasteiger partial charge in [-0.2, -0.15) is 0 Å². The van der Waals surface area contributed by atoms with Crippen LogP contribution in [0.5, 0.6) is 5.75 Å². The number of aromatic hydroxyl groups is 1. The zero-order valence-electron chi connectivity index (χ0n) is 45.5. The van der Waals surface area contributed by atoms with Crippen LogP contribution in [0.25, 0.3) is 95.0 Å². The van der Waals surface area contributed by atoms with Gasteiger partial charge in [-0.1, -0.05) is 225 Å². The van der Waals surface area contributed by atoms with Crippen molar-refractivity contribution in [1.29, 1.82) is 0 Å². The molecule has 8 aromatic carbocycles. The second-order valence-corrected chi connectivity index (χ2v) is 21.6. The van der Waals surface area contributed by atoms with Gasteiger partial charge >= 0.3 is 0 Å². The molecule has 2 heterocycles. The number of phenolic OH excluding ortho intramolecular Hbond substituents is 1. The number of pyridine rings is 1. The van der Waals surface area contributed by atoms with Crippen molar-refractivity contribution < 1.29 is 28.9 Å². The van der Waals surface area contributed by atoms with E-state index in [0.717, 1.165) is 106 Å². The van der Waals surface area contributed by atoms with E-state index in [9.17, 15) is 6.48 Å². The second kappa shape index (κ2) is 20.4. The molecule has 0 aliphatic rings. The smallest absolute Gasteiger partial charge is 0.148 e. The predicted octanol–water partition coefficient (Wildman–Crippen LogP) is 18.4. The maximum atomic E-state index is 12.8. The monoisotopic (exact) mass is 1140 g/mol. The summed E-state index contributed by atoms with van der Waals surface area (Å²) in [5.74, 6) is -0.849. The first-order valence-corrected chi connectivity index (χ1v) is 25.0. The summed E-state index contributed by atoms with van der Waals surface area (Å²) in [6, 6.07) is 66.8. The van der Waals surface area contributed by atoms with E-state index in [2.05, 4.69) is 186 Å². The van der Waals surface area contributed by atoms with E-state index in [1.807, 2.05) is 82.4 Å². The molecule has 0 atom stereocenters. The fourth-order valence-electron chi connectivity index (χ4n) is 9.85. The fourth-order valence-corrected chi connectivity index (χ4v) is 9.85. The number of para-hydroxylation sites is 1. The van der Waals surface area contributed by atoms with Gasteiger partial charge in [0.2, 0.25) is 0 Å². The third-order valence-corrected chi connectivity index (χ3v) is 13.9. The van der Waals surface area contributed by atoms with E-state index < -0.39 is 17.2 Å². The minimum atomic E-state index is -0.948. The number of hydrogen-bond donors (Lipinski definition) is 1. The molecule has 73 heavy (non-hydrogen) atoms. The van der Waals surface area contributed by atoms with Gasteiger partial charge in [0.1, 0.15) is 11.6 Å². The van der Waals surface area contributed by atoms with Gasteiger partial charge in [0.15, 0.2) is 0 Å². The van der Waals surface area contributed by atoms with E-state index in [-0.39, 0.29) is 32.2 Å². The molecule has 0 aliphatic carbocycles. The Kier molecular flexibility index (Phi) is 13.5. The zero-order valence-corrected chi connectivity index (χ0v) is 45.8. The van der Waals surface area contributed by atoms with E-state index in [1.54, 1.807) is 0 Å².